The second kappa shape index (κ2) is 7.04. The summed E-state index contributed by atoms with van der Waals surface area (Å²) in [5, 5.41) is 12.5. The van der Waals surface area contributed by atoms with Crippen molar-refractivity contribution in [3.8, 4) is 11.4 Å². The SMILES string of the molecule is CC(C)C(C)NC(=O)C(=O)Nc1cccc(-c2n[nH]c(C3CC3)n2)c1. The van der Waals surface area contributed by atoms with E-state index in [1.54, 1.807) is 18.2 Å². The smallest absolute Gasteiger partial charge is 0.313 e. The van der Waals surface area contributed by atoms with Gasteiger partial charge in [-0.15, -0.1) is 0 Å². The van der Waals surface area contributed by atoms with Gasteiger partial charge >= 0.3 is 11.8 Å². The number of benzene rings is 1. The normalized spacial score (nSPS) is 15.0. The molecule has 1 aliphatic rings. The van der Waals surface area contributed by atoms with Gasteiger partial charge in [-0.2, -0.15) is 5.10 Å². The van der Waals surface area contributed by atoms with Gasteiger partial charge in [0.1, 0.15) is 5.82 Å². The van der Waals surface area contributed by atoms with Gasteiger partial charge in [0.15, 0.2) is 5.82 Å². The maximum atomic E-state index is 12.1. The molecule has 0 bridgehead atoms. The van der Waals surface area contributed by atoms with Gasteiger partial charge in [-0.05, 0) is 37.8 Å². The van der Waals surface area contributed by atoms with E-state index in [4.69, 9.17) is 0 Å². The van der Waals surface area contributed by atoms with E-state index in [0.717, 1.165) is 24.2 Å². The summed E-state index contributed by atoms with van der Waals surface area (Å²) in [6.07, 6.45) is 2.29. The molecule has 7 nitrogen and oxygen atoms in total. The second-order valence-corrected chi connectivity index (χ2v) is 6.86. The van der Waals surface area contributed by atoms with Gasteiger partial charge in [-0.3, -0.25) is 14.7 Å². The minimum atomic E-state index is -0.682. The van der Waals surface area contributed by atoms with Crippen molar-refractivity contribution in [2.24, 2.45) is 5.92 Å². The number of nitrogens with one attached hydrogen (secondary N) is 3. The van der Waals surface area contributed by atoms with Gasteiger partial charge in [0.2, 0.25) is 0 Å². The van der Waals surface area contributed by atoms with Crippen molar-refractivity contribution in [1.29, 1.82) is 0 Å². The van der Waals surface area contributed by atoms with Crippen LogP contribution in [0.15, 0.2) is 24.3 Å². The van der Waals surface area contributed by atoms with E-state index in [1.807, 2.05) is 26.8 Å². The molecule has 1 saturated carbocycles. The number of carbonyl (C=O) groups is 2. The van der Waals surface area contributed by atoms with Crippen molar-refractivity contribution in [2.75, 3.05) is 5.32 Å². The molecule has 3 N–H and O–H groups in total. The van der Waals surface area contributed by atoms with Gasteiger partial charge in [0, 0.05) is 23.2 Å². The summed E-state index contributed by atoms with van der Waals surface area (Å²) in [4.78, 5) is 28.5. The van der Waals surface area contributed by atoms with Gasteiger partial charge in [-0.1, -0.05) is 26.0 Å². The highest BCUT2D eigenvalue weighted by atomic mass is 16.2. The number of aromatic nitrogens is 3. The van der Waals surface area contributed by atoms with E-state index in [1.165, 1.54) is 0 Å². The van der Waals surface area contributed by atoms with Gasteiger partial charge in [0.25, 0.3) is 0 Å². The molecular formula is C18H23N5O2. The first kappa shape index (κ1) is 17.1. The lowest BCUT2D eigenvalue weighted by Crippen LogP contribution is -2.42. The summed E-state index contributed by atoms with van der Waals surface area (Å²) in [6.45, 7) is 5.84. The number of H-pyrrole nitrogens is 1. The Morgan fingerprint density at radius 1 is 1.20 bits per heavy atom. The largest absolute Gasteiger partial charge is 0.345 e. The summed E-state index contributed by atoms with van der Waals surface area (Å²) in [5.74, 6) is 0.934. The predicted octanol–water partition coefficient (Wildman–Crippen LogP) is 2.45. The molecule has 0 aliphatic heterocycles. The lowest BCUT2D eigenvalue weighted by atomic mass is 10.1. The Labute approximate surface area is 146 Å². The molecule has 132 valence electrons. The summed E-state index contributed by atoms with van der Waals surface area (Å²) in [5.41, 5.74) is 1.32. The van der Waals surface area contributed by atoms with Crippen LogP contribution in [-0.4, -0.2) is 33.0 Å². The number of nitrogens with zero attached hydrogens (tertiary/aromatic N) is 2. The Bertz CT molecular complexity index is 779. The van der Waals surface area contributed by atoms with Crippen molar-refractivity contribution in [3.63, 3.8) is 0 Å². The molecule has 2 amide bonds. The first-order valence-corrected chi connectivity index (χ1v) is 8.58. The van der Waals surface area contributed by atoms with E-state index in [0.29, 0.717) is 17.4 Å². The fourth-order valence-corrected chi connectivity index (χ4v) is 2.31. The van der Waals surface area contributed by atoms with Crippen molar-refractivity contribution in [1.82, 2.24) is 20.5 Å². The molecule has 25 heavy (non-hydrogen) atoms. The van der Waals surface area contributed by atoms with Crippen LogP contribution in [0.25, 0.3) is 11.4 Å². The molecule has 3 rings (SSSR count). The topological polar surface area (TPSA) is 99.8 Å². The van der Waals surface area contributed by atoms with E-state index in [9.17, 15) is 9.59 Å². The van der Waals surface area contributed by atoms with Gasteiger partial charge in [-0.25, -0.2) is 4.98 Å². The summed E-state index contributed by atoms with van der Waals surface area (Å²) in [7, 11) is 0. The molecule has 1 fully saturated rings. The maximum absolute atomic E-state index is 12.1. The second-order valence-electron chi connectivity index (χ2n) is 6.86. The van der Waals surface area contributed by atoms with Crippen molar-refractivity contribution < 1.29 is 9.59 Å². The lowest BCUT2D eigenvalue weighted by Gasteiger charge is -2.17. The fraction of sp³-hybridized carbons (Fsp3) is 0.444. The molecule has 1 aromatic carbocycles. The molecular weight excluding hydrogens is 318 g/mol. The number of aromatic amines is 1. The Hall–Kier alpha value is -2.70. The standard InChI is InChI=1S/C18H23N5O2/c1-10(2)11(3)19-17(24)18(25)20-14-6-4-5-13(9-14)16-21-15(22-23-16)12-7-8-12/h4-6,9-12H,7-8H2,1-3H3,(H,19,24)(H,20,25)(H,21,22,23). The third-order valence-electron chi connectivity index (χ3n) is 4.41. The number of amides is 2. The van der Waals surface area contributed by atoms with Crippen molar-refractivity contribution >= 4 is 17.5 Å². The van der Waals surface area contributed by atoms with Crippen molar-refractivity contribution in [2.45, 2.75) is 45.6 Å². The Morgan fingerprint density at radius 2 is 1.96 bits per heavy atom. The summed E-state index contributed by atoms with van der Waals surface area (Å²) in [6, 6.07) is 7.09. The zero-order chi connectivity index (χ0) is 18.0. The molecule has 1 aliphatic carbocycles. The number of hydrogen-bond acceptors (Lipinski definition) is 4. The van der Waals surface area contributed by atoms with Crippen LogP contribution in [0.2, 0.25) is 0 Å². The van der Waals surface area contributed by atoms with Gasteiger partial charge in [0.05, 0.1) is 0 Å². The van der Waals surface area contributed by atoms with Crippen LogP contribution in [0.4, 0.5) is 5.69 Å². The quantitative estimate of drug-likeness (QED) is 0.727. The Kier molecular flexibility index (Phi) is 4.83. The van der Waals surface area contributed by atoms with Crippen molar-refractivity contribution in [3.05, 3.63) is 30.1 Å². The Balaban J connectivity index is 1.66. The minimum absolute atomic E-state index is 0.0707. The van der Waals surface area contributed by atoms with Gasteiger partial charge < -0.3 is 10.6 Å². The van der Waals surface area contributed by atoms with Crippen LogP contribution < -0.4 is 10.6 Å². The molecule has 0 radical (unpaired) electrons. The monoisotopic (exact) mass is 341 g/mol. The molecule has 0 spiro atoms. The highest BCUT2D eigenvalue weighted by Gasteiger charge is 2.27. The number of carbonyl (C=O) groups excluding carboxylic acids is 2. The Morgan fingerprint density at radius 3 is 2.64 bits per heavy atom. The predicted molar refractivity (Wildman–Crippen MR) is 94.9 cm³/mol. The number of hydrogen-bond donors (Lipinski definition) is 3. The zero-order valence-electron chi connectivity index (χ0n) is 14.7. The third kappa shape index (κ3) is 4.23. The first-order chi connectivity index (χ1) is 11.9. The van der Waals surface area contributed by atoms with Crippen LogP contribution in [0.5, 0.6) is 0 Å². The molecule has 2 aromatic rings. The van der Waals surface area contributed by atoms with Crippen LogP contribution in [0.1, 0.15) is 45.4 Å². The highest BCUT2D eigenvalue weighted by molar-refractivity contribution is 6.39. The molecule has 0 saturated heterocycles. The van der Waals surface area contributed by atoms with Crippen LogP contribution in [0, 0.1) is 5.92 Å². The van der Waals surface area contributed by atoms with E-state index < -0.39 is 11.8 Å². The maximum Gasteiger partial charge on any atom is 0.313 e. The van der Waals surface area contributed by atoms with Crippen LogP contribution in [-0.2, 0) is 9.59 Å². The van der Waals surface area contributed by atoms with E-state index >= 15 is 0 Å². The summed E-state index contributed by atoms with van der Waals surface area (Å²) >= 11 is 0. The minimum Gasteiger partial charge on any atom is -0.345 e. The molecule has 7 heteroatoms. The third-order valence-corrected chi connectivity index (χ3v) is 4.41. The fourth-order valence-electron chi connectivity index (χ4n) is 2.31. The zero-order valence-corrected chi connectivity index (χ0v) is 14.7. The molecule has 1 aromatic heterocycles. The molecule has 1 atom stereocenters. The lowest BCUT2D eigenvalue weighted by molar-refractivity contribution is -0.136. The average molecular weight is 341 g/mol. The first-order valence-electron chi connectivity index (χ1n) is 8.58. The highest BCUT2D eigenvalue weighted by Crippen LogP contribution is 2.38. The molecule has 1 unspecified atom stereocenters. The average Bonchev–Trinajstić information content (AvgIpc) is 3.31. The molecule has 1 heterocycles. The van der Waals surface area contributed by atoms with E-state index in [-0.39, 0.29) is 12.0 Å². The number of rotatable bonds is 5. The number of anilines is 1. The van der Waals surface area contributed by atoms with Crippen LogP contribution >= 0.6 is 0 Å². The van der Waals surface area contributed by atoms with Crippen LogP contribution in [0.3, 0.4) is 0 Å². The van der Waals surface area contributed by atoms with E-state index in [2.05, 4.69) is 25.8 Å². The summed E-state index contributed by atoms with van der Waals surface area (Å²) < 4.78 is 0.